The molecule has 0 fully saturated rings. The third kappa shape index (κ3) is 1.33. The Morgan fingerprint density at radius 2 is 2.15 bits per heavy atom. The first-order valence-corrected chi connectivity index (χ1v) is 4.78. The largest absolute Gasteiger partial charge is 0.324 e. The summed E-state index contributed by atoms with van der Waals surface area (Å²) < 4.78 is 13.5. The molecular formula is C9H8Cl2FN. The summed E-state index contributed by atoms with van der Waals surface area (Å²) in [6, 6.07) is 1.57. The standard InChI is InChI=1S/C9H8Cl2FN/c10-6-3-5-4(1-2-7(5)13)9(12)8(6)11/h3,7H,1-2,13H2/t7-/m1/s1. The monoisotopic (exact) mass is 219 g/mol. The van der Waals surface area contributed by atoms with Gasteiger partial charge in [0.2, 0.25) is 0 Å². The van der Waals surface area contributed by atoms with Crippen LogP contribution in [0.4, 0.5) is 4.39 Å². The third-order valence-corrected chi connectivity index (χ3v) is 3.17. The molecule has 70 valence electrons. The second-order valence-corrected chi connectivity index (χ2v) is 3.98. The third-order valence-electron chi connectivity index (χ3n) is 2.40. The van der Waals surface area contributed by atoms with Crippen LogP contribution < -0.4 is 5.73 Å². The highest BCUT2D eigenvalue weighted by Gasteiger charge is 2.25. The van der Waals surface area contributed by atoms with E-state index in [9.17, 15) is 4.39 Å². The average molecular weight is 220 g/mol. The van der Waals surface area contributed by atoms with Gasteiger partial charge in [0.05, 0.1) is 10.0 Å². The zero-order chi connectivity index (χ0) is 9.59. The van der Waals surface area contributed by atoms with E-state index in [0.29, 0.717) is 12.0 Å². The van der Waals surface area contributed by atoms with Gasteiger partial charge in [-0.05, 0) is 30.0 Å². The molecule has 0 spiro atoms. The molecule has 2 rings (SSSR count). The summed E-state index contributed by atoms with van der Waals surface area (Å²) in [4.78, 5) is 0. The normalized spacial score (nSPS) is 20.5. The number of fused-ring (bicyclic) bond motifs is 1. The molecule has 4 heteroatoms. The van der Waals surface area contributed by atoms with Gasteiger partial charge in [0.1, 0.15) is 5.82 Å². The van der Waals surface area contributed by atoms with Crippen molar-refractivity contribution in [1.82, 2.24) is 0 Å². The smallest absolute Gasteiger partial charge is 0.146 e. The van der Waals surface area contributed by atoms with Gasteiger partial charge in [-0.3, -0.25) is 0 Å². The Morgan fingerprint density at radius 3 is 2.85 bits per heavy atom. The van der Waals surface area contributed by atoms with E-state index in [1.807, 2.05) is 0 Å². The van der Waals surface area contributed by atoms with Crippen LogP contribution in [-0.4, -0.2) is 0 Å². The lowest BCUT2D eigenvalue weighted by Gasteiger charge is -2.07. The van der Waals surface area contributed by atoms with E-state index in [2.05, 4.69) is 0 Å². The highest BCUT2D eigenvalue weighted by atomic mass is 35.5. The van der Waals surface area contributed by atoms with Crippen LogP contribution in [0.1, 0.15) is 23.6 Å². The predicted molar refractivity (Wildman–Crippen MR) is 51.7 cm³/mol. The van der Waals surface area contributed by atoms with Gasteiger partial charge in [-0.25, -0.2) is 4.39 Å². The van der Waals surface area contributed by atoms with Gasteiger partial charge < -0.3 is 5.73 Å². The second-order valence-electron chi connectivity index (χ2n) is 3.20. The van der Waals surface area contributed by atoms with E-state index < -0.39 is 5.82 Å². The van der Waals surface area contributed by atoms with Crippen LogP contribution in [0, 0.1) is 5.82 Å². The SMILES string of the molecule is N[C@@H]1CCc2c1cc(Cl)c(Cl)c2F. The molecule has 0 saturated carbocycles. The minimum atomic E-state index is -0.405. The van der Waals surface area contributed by atoms with E-state index in [1.165, 1.54) is 0 Å². The molecule has 1 aliphatic rings. The van der Waals surface area contributed by atoms with Gasteiger partial charge >= 0.3 is 0 Å². The van der Waals surface area contributed by atoms with E-state index >= 15 is 0 Å². The summed E-state index contributed by atoms with van der Waals surface area (Å²) in [6.45, 7) is 0. The Balaban J connectivity index is 2.67. The molecule has 1 aliphatic carbocycles. The molecule has 1 nitrogen and oxygen atoms in total. The van der Waals surface area contributed by atoms with Crippen LogP contribution in [0.25, 0.3) is 0 Å². The van der Waals surface area contributed by atoms with Crippen LogP contribution >= 0.6 is 23.2 Å². The fourth-order valence-electron chi connectivity index (χ4n) is 1.69. The van der Waals surface area contributed by atoms with Crippen molar-refractivity contribution in [3.8, 4) is 0 Å². The molecule has 2 N–H and O–H groups in total. The maximum Gasteiger partial charge on any atom is 0.146 e. The number of halogens is 3. The topological polar surface area (TPSA) is 26.0 Å². The van der Waals surface area contributed by atoms with Crippen molar-refractivity contribution in [2.24, 2.45) is 5.73 Å². The zero-order valence-corrected chi connectivity index (χ0v) is 8.29. The minimum absolute atomic E-state index is 0.00881. The molecule has 0 radical (unpaired) electrons. The molecule has 1 aromatic carbocycles. The summed E-state index contributed by atoms with van der Waals surface area (Å²) in [5, 5.41) is 0.254. The molecule has 0 amide bonds. The first-order chi connectivity index (χ1) is 6.11. The van der Waals surface area contributed by atoms with Crippen LogP contribution in [0.5, 0.6) is 0 Å². The molecule has 0 aliphatic heterocycles. The molecule has 0 saturated heterocycles. The number of rotatable bonds is 0. The molecular weight excluding hydrogens is 212 g/mol. The lowest BCUT2D eigenvalue weighted by Crippen LogP contribution is -2.05. The lowest BCUT2D eigenvalue weighted by atomic mass is 10.1. The minimum Gasteiger partial charge on any atom is -0.324 e. The van der Waals surface area contributed by atoms with Crippen LogP contribution in [0.15, 0.2) is 6.07 Å². The van der Waals surface area contributed by atoms with E-state index in [1.54, 1.807) is 6.07 Å². The number of hydrogen-bond donors (Lipinski definition) is 1. The molecule has 0 heterocycles. The number of hydrogen-bond acceptors (Lipinski definition) is 1. The van der Waals surface area contributed by atoms with Crippen LogP contribution in [0.3, 0.4) is 0 Å². The van der Waals surface area contributed by atoms with Crippen molar-refractivity contribution >= 4 is 23.2 Å². The quantitative estimate of drug-likeness (QED) is 0.668. The fraction of sp³-hybridized carbons (Fsp3) is 0.333. The maximum absolute atomic E-state index is 13.5. The summed E-state index contributed by atoms with van der Waals surface area (Å²) in [7, 11) is 0. The Kier molecular flexibility index (Phi) is 2.22. The molecule has 13 heavy (non-hydrogen) atoms. The highest BCUT2D eigenvalue weighted by molar-refractivity contribution is 6.42. The first kappa shape index (κ1) is 9.25. The molecule has 0 bridgehead atoms. The zero-order valence-electron chi connectivity index (χ0n) is 6.78. The van der Waals surface area contributed by atoms with Gasteiger partial charge in [0.15, 0.2) is 0 Å². The Hall–Kier alpha value is -0.310. The average Bonchev–Trinajstić information content (AvgIpc) is 2.45. The maximum atomic E-state index is 13.5. The molecule has 1 aromatic rings. The molecule has 1 atom stereocenters. The highest BCUT2D eigenvalue weighted by Crippen LogP contribution is 2.38. The van der Waals surface area contributed by atoms with Crippen LogP contribution in [-0.2, 0) is 6.42 Å². The lowest BCUT2D eigenvalue weighted by molar-refractivity contribution is 0.613. The van der Waals surface area contributed by atoms with Crippen molar-refractivity contribution < 1.29 is 4.39 Å². The van der Waals surface area contributed by atoms with Crippen molar-refractivity contribution in [3.63, 3.8) is 0 Å². The summed E-state index contributed by atoms with van der Waals surface area (Å²) >= 11 is 11.4. The van der Waals surface area contributed by atoms with Crippen molar-refractivity contribution in [1.29, 1.82) is 0 Å². The Bertz CT molecular complexity index is 365. The van der Waals surface area contributed by atoms with Gasteiger partial charge in [-0.15, -0.1) is 0 Å². The van der Waals surface area contributed by atoms with Crippen molar-refractivity contribution in [2.45, 2.75) is 18.9 Å². The van der Waals surface area contributed by atoms with Crippen molar-refractivity contribution in [2.75, 3.05) is 0 Å². The molecule has 0 unspecified atom stereocenters. The van der Waals surface area contributed by atoms with E-state index in [-0.39, 0.29) is 16.1 Å². The molecule has 0 aromatic heterocycles. The second kappa shape index (κ2) is 3.12. The van der Waals surface area contributed by atoms with Gasteiger partial charge in [-0.2, -0.15) is 0 Å². The van der Waals surface area contributed by atoms with E-state index in [0.717, 1.165) is 12.0 Å². The van der Waals surface area contributed by atoms with Crippen LogP contribution in [0.2, 0.25) is 10.0 Å². The fourth-order valence-corrected chi connectivity index (χ4v) is 2.06. The van der Waals surface area contributed by atoms with Gasteiger partial charge in [0.25, 0.3) is 0 Å². The Labute approximate surface area is 85.6 Å². The van der Waals surface area contributed by atoms with Gasteiger partial charge in [-0.1, -0.05) is 23.2 Å². The van der Waals surface area contributed by atoms with E-state index in [4.69, 9.17) is 28.9 Å². The number of nitrogens with two attached hydrogens (primary N) is 1. The Morgan fingerprint density at radius 1 is 1.46 bits per heavy atom. The van der Waals surface area contributed by atoms with Gasteiger partial charge in [0, 0.05) is 6.04 Å². The number of benzene rings is 1. The summed E-state index contributed by atoms with van der Waals surface area (Å²) in [6.07, 6.45) is 1.42. The summed E-state index contributed by atoms with van der Waals surface area (Å²) in [5.74, 6) is -0.405. The first-order valence-electron chi connectivity index (χ1n) is 4.03. The predicted octanol–water partition coefficient (Wildman–Crippen LogP) is 3.08. The summed E-state index contributed by atoms with van der Waals surface area (Å²) in [5.41, 5.74) is 7.19. The van der Waals surface area contributed by atoms with Crippen molar-refractivity contribution in [3.05, 3.63) is 33.1 Å².